The van der Waals surface area contributed by atoms with Gasteiger partial charge in [-0.1, -0.05) is 23.7 Å². The number of rotatable bonds is 3. The number of benzene rings is 2. The van der Waals surface area contributed by atoms with E-state index in [9.17, 15) is 8.42 Å². The Morgan fingerprint density at radius 2 is 1.50 bits per heavy atom. The van der Waals surface area contributed by atoms with Crippen LogP contribution in [0, 0.1) is 0 Å². The minimum atomic E-state index is -3.34. The smallest absolute Gasteiger partial charge is 0.182 e. The minimum absolute atomic E-state index is 0.0475. The Hall–Kier alpha value is -1.52. The van der Waals surface area contributed by atoms with Crippen LogP contribution in [0.4, 0.5) is 5.69 Å². The Labute approximate surface area is 111 Å². The maximum atomic E-state index is 12.1. The summed E-state index contributed by atoms with van der Waals surface area (Å²) in [6.45, 7) is 0. The van der Waals surface area contributed by atoms with Crippen LogP contribution in [0.2, 0.25) is 5.02 Å². The van der Waals surface area contributed by atoms with Crippen molar-refractivity contribution in [1.29, 1.82) is 0 Å². The summed E-state index contributed by atoms with van der Waals surface area (Å²) >= 11 is 5.75. The first-order valence-corrected chi connectivity index (χ1v) is 7.33. The SMILES string of the molecule is Nc1ccc(S(=O)(=O)Cc2ccc(Cl)cc2)cc1. The van der Waals surface area contributed by atoms with Gasteiger partial charge < -0.3 is 5.73 Å². The van der Waals surface area contributed by atoms with Crippen molar-refractivity contribution >= 4 is 27.1 Å². The molecule has 3 nitrogen and oxygen atoms in total. The Bertz CT molecular complexity index is 634. The molecule has 2 aromatic carbocycles. The molecule has 0 aliphatic carbocycles. The van der Waals surface area contributed by atoms with Gasteiger partial charge in [0, 0.05) is 10.7 Å². The third-order valence-corrected chi connectivity index (χ3v) is 4.46. The standard InChI is InChI=1S/C13H12ClNO2S/c14-11-3-1-10(2-4-11)9-18(16,17)13-7-5-12(15)6-8-13/h1-8H,9,15H2. The average molecular weight is 282 g/mol. The highest BCUT2D eigenvalue weighted by atomic mass is 35.5. The summed E-state index contributed by atoms with van der Waals surface area (Å²) in [4.78, 5) is 0.270. The molecule has 0 amide bonds. The average Bonchev–Trinajstić information content (AvgIpc) is 2.32. The summed E-state index contributed by atoms with van der Waals surface area (Å²) in [6, 6.07) is 12.9. The van der Waals surface area contributed by atoms with Crippen molar-refractivity contribution in [2.45, 2.75) is 10.6 Å². The molecule has 0 radical (unpaired) electrons. The van der Waals surface area contributed by atoms with E-state index < -0.39 is 9.84 Å². The molecule has 18 heavy (non-hydrogen) atoms. The topological polar surface area (TPSA) is 60.2 Å². The molecule has 0 saturated heterocycles. The molecular formula is C13H12ClNO2S. The first-order valence-electron chi connectivity index (χ1n) is 5.30. The summed E-state index contributed by atoms with van der Waals surface area (Å²) in [5, 5.41) is 0.587. The summed E-state index contributed by atoms with van der Waals surface area (Å²) in [5.74, 6) is -0.0475. The number of sulfone groups is 1. The van der Waals surface area contributed by atoms with Crippen molar-refractivity contribution in [3.8, 4) is 0 Å². The third-order valence-electron chi connectivity index (χ3n) is 2.51. The van der Waals surface area contributed by atoms with Crippen molar-refractivity contribution in [3.05, 3.63) is 59.1 Å². The molecule has 5 heteroatoms. The van der Waals surface area contributed by atoms with Gasteiger partial charge in [0.05, 0.1) is 10.6 Å². The van der Waals surface area contributed by atoms with Crippen LogP contribution in [-0.4, -0.2) is 8.42 Å². The maximum Gasteiger partial charge on any atom is 0.182 e. The largest absolute Gasteiger partial charge is 0.399 e. The number of nitrogen functional groups attached to an aromatic ring is 1. The van der Waals surface area contributed by atoms with Gasteiger partial charge in [-0.25, -0.2) is 8.42 Å². The molecular weight excluding hydrogens is 270 g/mol. The highest BCUT2D eigenvalue weighted by Gasteiger charge is 2.14. The molecule has 0 saturated carbocycles. The molecule has 2 N–H and O–H groups in total. The van der Waals surface area contributed by atoms with E-state index in [2.05, 4.69) is 0 Å². The van der Waals surface area contributed by atoms with E-state index in [4.69, 9.17) is 17.3 Å². The van der Waals surface area contributed by atoms with Gasteiger partial charge in [-0.05, 0) is 42.0 Å². The highest BCUT2D eigenvalue weighted by molar-refractivity contribution is 7.90. The normalized spacial score (nSPS) is 11.4. The summed E-state index contributed by atoms with van der Waals surface area (Å²) < 4.78 is 24.2. The fraction of sp³-hybridized carbons (Fsp3) is 0.0769. The lowest BCUT2D eigenvalue weighted by Crippen LogP contribution is -2.05. The van der Waals surface area contributed by atoms with Crippen LogP contribution in [0.1, 0.15) is 5.56 Å². The molecule has 94 valence electrons. The predicted octanol–water partition coefficient (Wildman–Crippen LogP) is 2.90. The molecule has 0 spiro atoms. The molecule has 2 aromatic rings. The van der Waals surface area contributed by atoms with Crippen molar-refractivity contribution in [3.63, 3.8) is 0 Å². The second kappa shape index (κ2) is 5.00. The fourth-order valence-electron chi connectivity index (χ4n) is 1.56. The van der Waals surface area contributed by atoms with Crippen LogP contribution < -0.4 is 5.73 Å². The van der Waals surface area contributed by atoms with Gasteiger partial charge in [0.2, 0.25) is 0 Å². The van der Waals surface area contributed by atoms with E-state index in [1.807, 2.05) is 0 Å². The second-order valence-corrected chi connectivity index (χ2v) is 6.38. The number of anilines is 1. The van der Waals surface area contributed by atoms with E-state index in [0.717, 1.165) is 0 Å². The first kappa shape index (κ1) is 12.9. The summed E-state index contributed by atoms with van der Waals surface area (Å²) in [7, 11) is -3.34. The fourth-order valence-corrected chi connectivity index (χ4v) is 3.03. The van der Waals surface area contributed by atoms with E-state index >= 15 is 0 Å². The highest BCUT2D eigenvalue weighted by Crippen LogP contribution is 2.19. The van der Waals surface area contributed by atoms with Crippen LogP contribution >= 0.6 is 11.6 Å². The lowest BCUT2D eigenvalue weighted by Gasteiger charge is -2.05. The minimum Gasteiger partial charge on any atom is -0.399 e. The molecule has 0 atom stereocenters. The van der Waals surface area contributed by atoms with E-state index in [-0.39, 0.29) is 10.6 Å². The zero-order valence-electron chi connectivity index (χ0n) is 9.51. The molecule has 0 heterocycles. The summed E-state index contributed by atoms with van der Waals surface area (Å²) in [5.41, 5.74) is 6.78. The van der Waals surface area contributed by atoms with Crippen LogP contribution in [0.15, 0.2) is 53.4 Å². The zero-order chi connectivity index (χ0) is 13.2. The lowest BCUT2D eigenvalue weighted by molar-refractivity contribution is 0.595. The predicted molar refractivity (Wildman–Crippen MR) is 73.2 cm³/mol. The van der Waals surface area contributed by atoms with E-state index in [1.165, 1.54) is 12.1 Å². The van der Waals surface area contributed by atoms with E-state index in [0.29, 0.717) is 16.3 Å². The van der Waals surface area contributed by atoms with Gasteiger partial charge in [0.15, 0.2) is 9.84 Å². The van der Waals surface area contributed by atoms with Gasteiger partial charge in [0.25, 0.3) is 0 Å². The second-order valence-electron chi connectivity index (χ2n) is 3.95. The van der Waals surface area contributed by atoms with Gasteiger partial charge in [-0.2, -0.15) is 0 Å². The first-order chi connectivity index (χ1) is 8.47. The van der Waals surface area contributed by atoms with Crippen molar-refractivity contribution in [2.24, 2.45) is 0 Å². The van der Waals surface area contributed by atoms with Gasteiger partial charge in [0.1, 0.15) is 0 Å². The van der Waals surface area contributed by atoms with Crippen LogP contribution in [0.25, 0.3) is 0 Å². The van der Waals surface area contributed by atoms with Crippen LogP contribution in [0.5, 0.6) is 0 Å². The number of hydrogen-bond donors (Lipinski definition) is 1. The molecule has 2 rings (SSSR count). The monoisotopic (exact) mass is 281 g/mol. The van der Waals surface area contributed by atoms with Crippen molar-refractivity contribution < 1.29 is 8.42 Å². The Morgan fingerprint density at radius 3 is 2.06 bits per heavy atom. The molecule has 0 aromatic heterocycles. The van der Waals surface area contributed by atoms with Gasteiger partial charge >= 0.3 is 0 Å². The Balaban J connectivity index is 2.27. The Morgan fingerprint density at radius 1 is 0.944 bits per heavy atom. The van der Waals surface area contributed by atoms with Gasteiger partial charge in [-0.3, -0.25) is 0 Å². The Kier molecular flexibility index (Phi) is 3.59. The number of nitrogens with two attached hydrogens (primary N) is 1. The lowest BCUT2D eigenvalue weighted by atomic mass is 10.2. The number of hydrogen-bond acceptors (Lipinski definition) is 3. The van der Waals surface area contributed by atoms with Crippen LogP contribution in [0.3, 0.4) is 0 Å². The molecule has 0 bridgehead atoms. The molecule has 0 aliphatic heterocycles. The zero-order valence-corrected chi connectivity index (χ0v) is 11.1. The maximum absolute atomic E-state index is 12.1. The number of halogens is 1. The van der Waals surface area contributed by atoms with Crippen molar-refractivity contribution in [1.82, 2.24) is 0 Å². The van der Waals surface area contributed by atoms with Crippen LogP contribution in [-0.2, 0) is 15.6 Å². The quantitative estimate of drug-likeness (QED) is 0.880. The molecule has 0 fully saturated rings. The van der Waals surface area contributed by atoms with Crippen molar-refractivity contribution in [2.75, 3.05) is 5.73 Å². The molecule has 0 aliphatic rings. The van der Waals surface area contributed by atoms with Gasteiger partial charge in [-0.15, -0.1) is 0 Å². The molecule has 0 unspecified atom stereocenters. The van der Waals surface area contributed by atoms with E-state index in [1.54, 1.807) is 36.4 Å². The third kappa shape index (κ3) is 3.03. The summed E-state index contributed by atoms with van der Waals surface area (Å²) in [6.07, 6.45) is 0.